The lowest BCUT2D eigenvalue weighted by atomic mass is 9.88. The number of fused-ring (bicyclic) bond motifs is 4. The van der Waals surface area contributed by atoms with E-state index in [-0.39, 0.29) is 11.1 Å². The van der Waals surface area contributed by atoms with E-state index in [0.717, 1.165) is 47.6 Å². The van der Waals surface area contributed by atoms with Crippen LogP contribution in [0.2, 0.25) is 0 Å². The first kappa shape index (κ1) is 14.2. The first-order valence-corrected chi connectivity index (χ1v) is 9.12. The van der Waals surface area contributed by atoms with Crippen LogP contribution >= 0.6 is 15.9 Å². The van der Waals surface area contributed by atoms with E-state index in [0.29, 0.717) is 10.8 Å². The summed E-state index contributed by atoms with van der Waals surface area (Å²) in [5.74, 6) is 0. The third-order valence-electron chi connectivity index (χ3n) is 5.41. The van der Waals surface area contributed by atoms with Crippen molar-refractivity contribution in [1.29, 1.82) is 0 Å². The molecule has 3 nitrogen and oxygen atoms in total. The molecule has 0 radical (unpaired) electrons. The molecule has 0 spiro atoms. The smallest absolute Gasteiger partial charge is 0.259 e. The van der Waals surface area contributed by atoms with Crippen molar-refractivity contribution in [1.82, 2.24) is 4.98 Å². The molecular formula is C22H10BrNO2. The van der Waals surface area contributed by atoms with Crippen LogP contribution < -0.4 is 11.1 Å². The van der Waals surface area contributed by atoms with Gasteiger partial charge in [-0.1, -0.05) is 58.4 Å². The Bertz CT molecular complexity index is 1630. The van der Waals surface area contributed by atoms with Gasteiger partial charge in [-0.25, -0.2) is 0 Å². The van der Waals surface area contributed by atoms with Gasteiger partial charge in [0, 0.05) is 9.86 Å². The predicted molar refractivity (Wildman–Crippen MR) is 111 cm³/mol. The van der Waals surface area contributed by atoms with Gasteiger partial charge in [0.2, 0.25) is 0 Å². The maximum absolute atomic E-state index is 12.6. The number of aromatic nitrogens is 1. The summed E-state index contributed by atoms with van der Waals surface area (Å²) in [5, 5.41) is 9.32. The summed E-state index contributed by atoms with van der Waals surface area (Å²) in [7, 11) is 0. The lowest BCUT2D eigenvalue weighted by Gasteiger charge is -2.15. The number of benzene rings is 5. The minimum Gasteiger partial charge on any atom is -0.288 e. The fourth-order valence-corrected chi connectivity index (χ4v) is 4.86. The molecule has 1 aromatic heterocycles. The Balaban J connectivity index is 2.17. The summed E-state index contributed by atoms with van der Waals surface area (Å²) >= 11 is 3.65. The van der Waals surface area contributed by atoms with Gasteiger partial charge in [-0.2, -0.15) is 0 Å². The second kappa shape index (κ2) is 4.59. The maximum Gasteiger partial charge on any atom is 0.259 e. The summed E-state index contributed by atoms with van der Waals surface area (Å²) < 4.78 is 1.02. The molecule has 0 fully saturated rings. The number of hydrogen-bond acceptors (Lipinski definition) is 2. The Morgan fingerprint density at radius 2 is 1.35 bits per heavy atom. The molecule has 1 N–H and O–H groups in total. The molecular weight excluding hydrogens is 390 g/mol. The molecule has 0 aliphatic heterocycles. The summed E-state index contributed by atoms with van der Waals surface area (Å²) in [5.41, 5.74) is -0.632. The van der Waals surface area contributed by atoms with E-state index < -0.39 is 0 Å². The molecule has 0 saturated carbocycles. The zero-order valence-corrected chi connectivity index (χ0v) is 15.0. The van der Waals surface area contributed by atoms with E-state index in [1.807, 2.05) is 30.3 Å². The summed E-state index contributed by atoms with van der Waals surface area (Å²) in [6.45, 7) is 0. The van der Waals surface area contributed by atoms with E-state index in [1.54, 1.807) is 0 Å². The van der Waals surface area contributed by atoms with Crippen molar-refractivity contribution in [2.45, 2.75) is 0 Å². The predicted octanol–water partition coefficient (Wildman–Crippen LogP) is 5.14. The van der Waals surface area contributed by atoms with Gasteiger partial charge in [-0.05, 0) is 49.8 Å². The normalized spacial score (nSPS) is 12.3. The quantitative estimate of drug-likeness (QED) is 0.284. The Hall–Kier alpha value is -2.98. The van der Waals surface area contributed by atoms with Crippen LogP contribution in [0.5, 0.6) is 0 Å². The molecule has 26 heavy (non-hydrogen) atoms. The van der Waals surface area contributed by atoms with Crippen molar-refractivity contribution >= 4 is 69.8 Å². The molecule has 0 aliphatic rings. The molecule has 0 amide bonds. The first-order valence-electron chi connectivity index (χ1n) is 8.32. The molecule has 0 saturated heterocycles. The van der Waals surface area contributed by atoms with Crippen molar-refractivity contribution in [2.75, 3.05) is 0 Å². The standard InChI is InChI=1S/C22H10BrNO2/c23-16-8-7-12-11-4-1-3-10-9-15-20(22(26)24-21(15)25)19(17(10)11)14-6-2-5-13(16)18(12)14/h1-9H,(H,24,25,26). The minimum atomic E-state index is -0.319. The highest BCUT2D eigenvalue weighted by atomic mass is 79.9. The largest absolute Gasteiger partial charge is 0.288 e. The van der Waals surface area contributed by atoms with Crippen molar-refractivity contribution in [3.63, 3.8) is 0 Å². The molecule has 1 heterocycles. The highest BCUT2D eigenvalue weighted by Gasteiger charge is 2.19. The molecule has 0 aliphatic carbocycles. The minimum absolute atomic E-state index is 0.313. The topological polar surface area (TPSA) is 49.9 Å². The maximum atomic E-state index is 12.6. The van der Waals surface area contributed by atoms with Crippen LogP contribution in [0, 0.1) is 0 Å². The fraction of sp³-hybridized carbons (Fsp3) is 0. The average Bonchev–Trinajstić information content (AvgIpc) is 2.93. The van der Waals surface area contributed by atoms with Gasteiger partial charge in [0.1, 0.15) is 0 Å². The third kappa shape index (κ3) is 1.54. The highest BCUT2D eigenvalue weighted by molar-refractivity contribution is 9.10. The van der Waals surface area contributed by atoms with Crippen LogP contribution in [0.15, 0.2) is 68.7 Å². The fourth-order valence-electron chi connectivity index (χ4n) is 4.40. The summed E-state index contributed by atoms with van der Waals surface area (Å²) in [6.07, 6.45) is 0. The molecule has 0 bridgehead atoms. The summed E-state index contributed by atoms with van der Waals surface area (Å²) in [6, 6.07) is 18.2. The molecule has 6 aromatic rings. The zero-order chi connectivity index (χ0) is 17.6. The number of hydrogen-bond donors (Lipinski definition) is 1. The van der Waals surface area contributed by atoms with E-state index in [9.17, 15) is 9.59 Å². The Morgan fingerprint density at radius 1 is 0.615 bits per heavy atom. The van der Waals surface area contributed by atoms with Gasteiger partial charge in [0.05, 0.1) is 10.8 Å². The Kier molecular flexibility index (Phi) is 2.51. The molecule has 122 valence electrons. The van der Waals surface area contributed by atoms with Crippen molar-refractivity contribution in [2.24, 2.45) is 0 Å². The van der Waals surface area contributed by atoms with Gasteiger partial charge in [-0.15, -0.1) is 0 Å². The molecule has 4 heteroatoms. The van der Waals surface area contributed by atoms with Crippen molar-refractivity contribution in [3.05, 3.63) is 79.8 Å². The highest BCUT2D eigenvalue weighted by Crippen LogP contribution is 2.43. The van der Waals surface area contributed by atoms with Gasteiger partial charge in [0.15, 0.2) is 0 Å². The van der Waals surface area contributed by atoms with Crippen molar-refractivity contribution in [3.8, 4) is 0 Å². The zero-order valence-electron chi connectivity index (χ0n) is 13.4. The van der Waals surface area contributed by atoms with E-state index >= 15 is 0 Å². The van der Waals surface area contributed by atoms with Gasteiger partial charge >= 0.3 is 0 Å². The van der Waals surface area contributed by atoms with Crippen LogP contribution in [-0.2, 0) is 0 Å². The average molecular weight is 400 g/mol. The van der Waals surface area contributed by atoms with E-state index in [2.05, 4.69) is 45.2 Å². The van der Waals surface area contributed by atoms with Crippen LogP contribution in [0.25, 0.3) is 53.9 Å². The Labute approximate surface area is 154 Å². The SMILES string of the molecule is O=c1[nH]c(=O)c2c1cc1cccc3c4ccc(Br)c5cccc(c54)c2c13. The number of halogens is 1. The second-order valence-electron chi connectivity index (χ2n) is 6.68. The van der Waals surface area contributed by atoms with Crippen molar-refractivity contribution < 1.29 is 0 Å². The lowest BCUT2D eigenvalue weighted by Crippen LogP contribution is -2.05. The monoisotopic (exact) mass is 399 g/mol. The van der Waals surface area contributed by atoms with Gasteiger partial charge in [-0.3, -0.25) is 14.6 Å². The Morgan fingerprint density at radius 3 is 2.23 bits per heavy atom. The third-order valence-corrected chi connectivity index (χ3v) is 6.10. The molecule has 5 aromatic carbocycles. The molecule has 0 atom stereocenters. The number of rotatable bonds is 0. The van der Waals surface area contributed by atoms with Crippen LogP contribution in [0.3, 0.4) is 0 Å². The summed E-state index contributed by atoms with van der Waals surface area (Å²) in [4.78, 5) is 27.3. The number of aromatic amines is 1. The second-order valence-corrected chi connectivity index (χ2v) is 7.54. The number of H-pyrrole nitrogens is 1. The van der Waals surface area contributed by atoms with Gasteiger partial charge in [0.25, 0.3) is 11.1 Å². The van der Waals surface area contributed by atoms with E-state index in [4.69, 9.17) is 0 Å². The van der Waals surface area contributed by atoms with Crippen LogP contribution in [-0.4, -0.2) is 4.98 Å². The molecule has 0 unspecified atom stereocenters. The van der Waals surface area contributed by atoms with Crippen LogP contribution in [0.4, 0.5) is 0 Å². The number of nitrogens with one attached hydrogen (secondary N) is 1. The molecule has 6 rings (SSSR count). The van der Waals surface area contributed by atoms with E-state index in [1.165, 1.54) is 0 Å². The lowest BCUT2D eigenvalue weighted by molar-refractivity contribution is 1.26. The first-order chi connectivity index (χ1) is 12.6. The van der Waals surface area contributed by atoms with Crippen LogP contribution in [0.1, 0.15) is 0 Å². The van der Waals surface area contributed by atoms with Gasteiger partial charge < -0.3 is 0 Å².